The van der Waals surface area contributed by atoms with Crippen LogP contribution in [0.15, 0.2) is 47.4 Å². The fourth-order valence-corrected chi connectivity index (χ4v) is 4.29. The maximum Gasteiger partial charge on any atom is 0.419 e. The Morgan fingerprint density at radius 3 is 2.59 bits per heavy atom. The molecule has 0 aromatic heterocycles. The number of ether oxygens (including phenoxy) is 1. The zero-order valence-electron chi connectivity index (χ0n) is 17.1. The molecule has 2 aromatic carbocycles. The monoisotopic (exact) mass is 512 g/mol. The van der Waals surface area contributed by atoms with Crippen LogP contribution in [-0.4, -0.2) is 37.7 Å². The Hall–Kier alpha value is -3.45. The van der Waals surface area contributed by atoms with Gasteiger partial charge in [0.2, 0.25) is 0 Å². The number of alkyl halides is 3. The number of rotatable bonds is 8. The quantitative estimate of drug-likeness (QED) is 0.215. The summed E-state index contributed by atoms with van der Waals surface area (Å²) in [5.74, 6) is -2.23. The average molecular weight is 512 g/mol. The topological polar surface area (TPSA) is 110 Å². The standard InChI is InChI=1S/C21H15F3N2O6S2/c22-21(23,24)14-4-1-2-5-16(14)32-15-8-7-13(26(30)31)10-12(15)11-17-19(29)25(20(33)34-17)9-3-6-18(27)28/h1-2,4-5,7-8,10-11H,3,6,9H2,(H,27,28). The lowest BCUT2D eigenvalue weighted by Gasteiger charge is -2.15. The van der Waals surface area contributed by atoms with Gasteiger partial charge in [-0.25, -0.2) is 0 Å². The molecule has 1 aliphatic rings. The number of carbonyl (C=O) groups is 2. The first-order chi connectivity index (χ1) is 16.0. The number of benzene rings is 2. The fourth-order valence-electron chi connectivity index (χ4n) is 2.99. The van der Waals surface area contributed by atoms with Crippen molar-refractivity contribution in [3.8, 4) is 11.5 Å². The summed E-state index contributed by atoms with van der Waals surface area (Å²) < 4.78 is 45.7. The van der Waals surface area contributed by atoms with Crippen molar-refractivity contribution >= 4 is 51.9 Å². The number of carbonyl (C=O) groups excluding carboxylic acids is 1. The molecule has 1 heterocycles. The molecule has 1 aliphatic heterocycles. The molecule has 178 valence electrons. The third-order valence-corrected chi connectivity index (χ3v) is 5.93. The van der Waals surface area contributed by atoms with Gasteiger partial charge in [-0.2, -0.15) is 13.2 Å². The summed E-state index contributed by atoms with van der Waals surface area (Å²) in [6.07, 6.45) is -3.46. The predicted molar refractivity (Wildman–Crippen MR) is 121 cm³/mol. The summed E-state index contributed by atoms with van der Waals surface area (Å²) >= 11 is 6.06. The molecular formula is C21H15F3N2O6S2. The molecule has 0 atom stereocenters. The molecule has 0 saturated carbocycles. The maximum atomic E-state index is 13.4. The molecule has 34 heavy (non-hydrogen) atoms. The van der Waals surface area contributed by atoms with Gasteiger partial charge in [0, 0.05) is 30.7 Å². The third kappa shape index (κ3) is 5.91. The number of nitro benzene ring substituents is 1. The first kappa shape index (κ1) is 25.2. The molecule has 1 saturated heterocycles. The number of hydrogen-bond donors (Lipinski definition) is 1. The van der Waals surface area contributed by atoms with Gasteiger partial charge in [-0.3, -0.25) is 24.6 Å². The van der Waals surface area contributed by atoms with E-state index in [1.807, 2.05) is 0 Å². The SMILES string of the molecule is O=C(O)CCCN1C(=O)C(=Cc2cc([N+](=O)[O-])ccc2Oc2ccccc2C(F)(F)F)SC1=S. The molecule has 3 rings (SSSR count). The van der Waals surface area contributed by atoms with E-state index in [9.17, 15) is 32.9 Å². The Morgan fingerprint density at radius 1 is 1.24 bits per heavy atom. The number of carboxylic acid groups (broad SMARTS) is 1. The Bertz CT molecular complexity index is 1200. The minimum Gasteiger partial charge on any atom is -0.481 e. The van der Waals surface area contributed by atoms with E-state index in [1.54, 1.807) is 0 Å². The normalized spacial score (nSPS) is 15.1. The number of hydrogen-bond acceptors (Lipinski definition) is 7. The number of nitro groups is 1. The highest BCUT2D eigenvalue weighted by Crippen LogP contribution is 2.40. The van der Waals surface area contributed by atoms with Gasteiger partial charge in [0.15, 0.2) is 0 Å². The van der Waals surface area contributed by atoms with Crippen molar-refractivity contribution in [2.45, 2.75) is 19.0 Å². The van der Waals surface area contributed by atoms with Crippen LogP contribution >= 0.6 is 24.0 Å². The van der Waals surface area contributed by atoms with Crippen LogP contribution in [0.1, 0.15) is 24.0 Å². The van der Waals surface area contributed by atoms with E-state index in [1.165, 1.54) is 23.1 Å². The number of halogens is 3. The number of carboxylic acids is 1. The number of nitrogens with zero attached hydrogens (tertiary/aromatic N) is 2. The summed E-state index contributed by atoms with van der Waals surface area (Å²) in [5, 5.41) is 20.0. The first-order valence-electron chi connectivity index (χ1n) is 9.57. The fraction of sp³-hybridized carbons (Fsp3) is 0.190. The van der Waals surface area contributed by atoms with Crippen LogP contribution in [0.25, 0.3) is 6.08 Å². The number of thioether (sulfide) groups is 1. The summed E-state index contributed by atoms with van der Waals surface area (Å²) in [6.45, 7) is 0.0611. The van der Waals surface area contributed by atoms with E-state index in [2.05, 4.69) is 0 Å². The van der Waals surface area contributed by atoms with E-state index in [0.717, 1.165) is 42.1 Å². The van der Waals surface area contributed by atoms with Crippen LogP contribution in [0.4, 0.5) is 18.9 Å². The van der Waals surface area contributed by atoms with Crippen molar-refractivity contribution in [1.82, 2.24) is 4.90 Å². The molecule has 1 N–H and O–H groups in total. The number of non-ortho nitro benzene ring substituents is 1. The third-order valence-electron chi connectivity index (χ3n) is 4.55. The molecule has 13 heteroatoms. The summed E-state index contributed by atoms with van der Waals surface area (Å²) in [5.41, 5.74) is -1.40. The molecule has 0 spiro atoms. The van der Waals surface area contributed by atoms with Crippen LogP contribution < -0.4 is 4.74 Å². The van der Waals surface area contributed by atoms with E-state index >= 15 is 0 Å². The van der Waals surface area contributed by atoms with Crippen LogP contribution in [0.3, 0.4) is 0 Å². The van der Waals surface area contributed by atoms with Gasteiger partial charge < -0.3 is 9.84 Å². The largest absolute Gasteiger partial charge is 0.481 e. The Morgan fingerprint density at radius 2 is 1.94 bits per heavy atom. The second kappa shape index (κ2) is 10.2. The van der Waals surface area contributed by atoms with Crippen molar-refractivity contribution in [2.75, 3.05) is 6.54 Å². The Labute approximate surface area is 200 Å². The predicted octanol–water partition coefficient (Wildman–Crippen LogP) is 5.47. The van der Waals surface area contributed by atoms with E-state index in [-0.39, 0.29) is 45.6 Å². The van der Waals surface area contributed by atoms with E-state index < -0.39 is 34.3 Å². The molecule has 0 unspecified atom stereocenters. The smallest absolute Gasteiger partial charge is 0.419 e. The Balaban J connectivity index is 1.97. The van der Waals surface area contributed by atoms with Crippen LogP contribution in [0.5, 0.6) is 11.5 Å². The van der Waals surface area contributed by atoms with Gasteiger partial charge >= 0.3 is 12.1 Å². The van der Waals surface area contributed by atoms with E-state index in [4.69, 9.17) is 22.1 Å². The summed E-state index contributed by atoms with van der Waals surface area (Å²) in [6, 6.07) is 7.77. The van der Waals surface area contributed by atoms with Crippen LogP contribution in [0, 0.1) is 10.1 Å². The minimum absolute atomic E-state index is 0.00258. The second-order valence-corrected chi connectivity index (χ2v) is 8.58. The zero-order chi connectivity index (χ0) is 25.0. The molecule has 2 aromatic rings. The van der Waals surface area contributed by atoms with Gasteiger partial charge in [-0.1, -0.05) is 36.1 Å². The molecule has 8 nitrogen and oxygen atoms in total. The van der Waals surface area contributed by atoms with Crippen molar-refractivity contribution in [3.63, 3.8) is 0 Å². The second-order valence-electron chi connectivity index (χ2n) is 6.91. The molecule has 0 bridgehead atoms. The highest BCUT2D eigenvalue weighted by atomic mass is 32.2. The van der Waals surface area contributed by atoms with Gasteiger partial charge in [0.25, 0.3) is 11.6 Å². The lowest BCUT2D eigenvalue weighted by molar-refractivity contribution is -0.384. The minimum atomic E-state index is -4.70. The van der Waals surface area contributed by atoms with Gasteiger partial charge in [0.1, 0.15) is 15.8 Å². The lowest BCUT2D eigenvalue weighted by Crippen LogP contribution is -2.29. The van der Waals surface area contributed by atoms with Gasteiger partial charge in [-0.15, -0.1) is 0 Å². The number of aliphatic carboxylic acids is 1. The summed E-state index contributed by atoms with van der Waals surface area (Å²) in [7, 11) is 0. The molecule has 0 aliphatic carbocycles. The van der Waals surface area contributed by atoms with Crippen molar-refractivity contribution < 1.29 is 37.5 Å². The molecule has 0 radical (unpaired) electrons. The van der Waals surface area contributed by atoms with Crippen molar-refractivity contribution in [2.24, 2.45) is 0 Å². The summed E-state index contributed by atoms with van der Waals surface area (Å²) in [4.78, 5) is 35.3. The van der Waals surface area contributed by atoms with Gasteiger partial charge in [-0.05, 0) is 30.7 Å². The van der Waals surface area contributed by atoms with E-state index in [0.29, 0.717) is 0 Å². The van der Waals surface area contributed by atoms with Crippen LogP contribution in [0.2, 0.25) is 0 Å². The maximum absolute atomic E-state index is 13.4. The highest BCUT2D eigenvalue weighted by Gasteiger charge is 2.35. The Kier molecular flexibility index (Phi) is 7.57. The van der Waals surface area contributed by atoms with Crippen molar-refractivity contribution in [3.05, 3.63) is 68.6 Å². The number of para-hydroxylation sites is 1. The van der Waals surface area contributed by atoms with Crippen molar-refractivity contribution in [1.29, 1.82) is 0 Å². The lowest BCUT2D eigenvalue weighted by atomic mass is 10.1. The zero-order valence-corrected chi connectivity index (χ0v) is 18.7. The number of thiocarbonyl (C=S) groups is 1. The molecular weight excluding hydrogens is 497 g/mol. The van der Waals surface area contributed by atoms with Crippen LogP contribution in [-0.2, 0) is 15.8 Å². The number of amides is 1. The molecule has 1 amide bonds. The average Bonchev–Trinajstić information content (AvgIpc) is 3.01. The molecule has 1 fully saturated rings. The van der Waals surface area contributed by atoms with Gasteiger partial charge in [0.05, 0.1) is 15.4 Å². The highest BCUT2D eigenvalue weighted by molar-refractivity contribution is 8.26. The first-order valence-corrected chi connectivity index (χ1v) is 10.8.